The second kappa shape index (κ2) is 6.83. The Bertz CT molecular complexity index is 372. The Morgan fingerprint density at radius 1 is 1.29 bits per heavy atom. The Balaban J connectivity index is 2.74. The largest absolute Gasteiger partial charge is 0.466 e. The average molecular weight is 236 g/mol. The lowest BCUT2D eigenvalue weighted by Crippen LogP contribution is -2.18. The summed E-state index contributed by atoms with van der Waals surface area (Å²) in [5, 5.41) is 10.0. The van der Waals surface area contributed by atoms with Crippen molar-refractivity contribution in [3.8, 4) is 0 Å². The van der Waals surface area contributed by atoms with Crippen LogP contribution in [0.3, 0.4) is 0 Å². The van der Waals surface area contributed by atoms with E-state index in [-0.39, 0.29) is 0 Å². The van der Waals surface area contributed by atoms with Crippen LogP contribution < -0.4 is 0 Å². The molecule has 2 atom stereocenters. The molecule has 0 fully saturated rings. The average Bonchev–Trinajstić information content (AvgIpc) is 2.39. The Kier molecular flexibility index (Phi) is 5.39. The van der Waals surface area contributed by atoms with Crippen LogP contribution in [0.15, 0.2) is 42.5 Å². The number of carbonyl (C=O) groups is 1. The van der Waals surface area contributed by atoms with Crippen molar-refractivity contribution >= 4 is 5.97 Å². The standard InChI is InChI=1S/C13H16O4/c1-16-11(8-9-12(14)17-2)13(15)10-6-4-3-5-7-10/h3-9,11,13,15H,1-2H3/b9-8+/t11-,13+/m1/s1. The van der Waals surface area contributed by atoms with E-state index in [0.29, 0.717) is 0 Å². The van der Waals surface area contributed by atoms with Crippen molar-refractivity contribution in [2.45, 2.75) is 12.2 Å². The van der Waals surface area contributed by atoms with Gasteiger partial charge in [-0.05, 0) is 11.6 Å². The molecule has 4 nitrogen and oxygen atoms in total. The highest BCUT2D eigenvalue weighted by molar-refractivity contribution is 5.81. The molecule has 0 unspecified atom stereocenters. The first kappa shape index (κ1) is 13.4. The fourth-order valence-electron chi connectivity index (χ4n) is 1.39. The van der Waals surface area contributed by atoms with Crippen molar-refractivity contribution < 1.29 is 19.4 Å². The van der Waals surface area contributed by atoms with Gasteiger partial charge in [-0.1, -0.05) is 30.3 Å². The summed E-state index contributed by atoms with van der Waals surface area (Å²) in [5.74, 6) is -0.479. The van der Waals surface area contributed by atoms with Crippen LogP contribution in [-0.4, -0.2) is 31.4 Å². The van der Waals surface area contributed by atoms with E-state index in [1.54, 1.807) is 12.1 Å². The molecule has 0 amide bonds. The van der Waals surface area contributed by atoms with Crippen molar-refractivity contribution in [1.82, 2.24) is 0 Å². The van der Waals surface area contributed by atoms with Crippen LogP contribution in [0.4, 0.5) is 0 Å². The maximum atomic E-state index is 10.9. The fraction of sp³-hybridized carbons (Fsp3) is 0.308. The molecule has 0 aliphatic carbocycles. The molecule has 0 aliphatic heterocycles. The van der Waals surface area contributed by atoms with Crippen molar-refractivity contribution in [2.75, 3.05) is 14.2 Å². The Labute approximate surface area is 100 Å². The number of hydrogen-bond donors (Lipinski definition) is 1. The molecular weight excluding hydrogens is 220 g/mol. The zero-order chi connectivity index (χ0) is 12.7. The summed E-state index contributed by atoms with van der Waals surface area (Å²) in [6.45, 7) is 0. The van der Waals surface area contributed by atoms with E-state index in [2.05, 4.69) is 4.74 Å². The number of rotatable bonds is 5. The molecule has 92 valence electrons. The number of benzene rings is 1. The van der Waals surface area contributed by atoms with Gasteiger partial charge >= 0.3 is 5.97 Å². The lowest BCUT2D eigenvalue weighted by Gasteiger charge is -2.18. The Morgan fingerprint density at radius 3 is 2.47 bits per heavy atom. The second-order valence-corrected chi connectivity index (χ2v) is 3.44. The number of ether oxygens (including phenoxy) is 2. The van der Waals surface area contributed by atoms with Crippen molar-refractivity contribution in [1.29, 1.82) is 0 Å². The van der Waals surface area contributed by atoms with Crippen molar-refractivity contribution in [3.05, 3.63) is 48.0 Å². The summed E-state index contributed by atoms with van der Waals surface area (Å²) >= 11 is 0. The molecule has 17 heavy (non-hydrogen) atoms. The smallest absolute Gasteiger partial charge is 0.330 e. The number of aliphatic hydroxyl groups excluding tert-OH is 1. The number of hydrogen-bond acceptors (Lipinski definition) is 4. The van der Waals surface area contributed by atoms with Crippen LogP contribution in [0.1, 0.15) is 11.7 Å². The van der Waals surface area contributed by atoms with Gasteiger partial charge in [0.1, 0.15) is 12.2 Å². The predicted octanol–water partition coefficient (Wildman–Crippen LogP) is 1.46. The molecule has 0 aromatic heterocycles. The fourth-order valence-corrected chi connectivity index (χ4v) is 1.39. The molecule has 0 aliphatic rings. The lowest BCUT2D eigenvalue weighted by molar-refractivity contribution is -0.134. The molecule has 0 radical (unpaired) electrons. The minimum Gasteiger partial charge on any atom is -0.466 e. The van der Waals surface area contributed by atoms with Crippen molar-refractivity contribution in [3.63, 3.8) is 0 Å². The predicted molar refractivity (Wildman–Crippen MR) is 63.4 cm³/mol. The summed E-state index contributed by atoms with van der Waals surface area (Å²) in [7, 11) is 2.76. The van der Waals surface area contributed by atoms with E-state index < -0.39 is 18.2 Å². The molecule has 0 spiro atoms. The van der Waals surface area contributed by atoms with Gasteiger partial charge in [-0.3, -0.25) is 0 Å². The van der Waals surface area contributed by atoms with E-state index in [1.807, 2.05) is 18.2 Å². The third kappa shape index (κ3) is 4.01. The number of aliphatic hydroxyl groups is 1. The van der Waals surface area contributed by atoms with E-state index in [4.69, 9.17) is 4.74 Å². The first-order valence-corrected chi connectivity index (χ1v) is 5.21. The van der Waals surface area contributed by atoms with Gasteiger partial charge < -0.3 is 14.6 Å². The third-order valence-electron chi connectivity index (χ3n) is 2.35. The van der Waals surface area contributed by atoms with Crippen LogP contribution in [-0.2, 0) is 14.3 Å². The second-order valence-electron chi connectivity index (χ2n) is 3.44. The SMILES string of the molecule is COC(=O)/C=C/[C@@H](OC)[C@@H](O)c1ccccc1. The quantitative estimate of drug-likeness (QED) is 0.621. The number of carbonyl (C=O) groups excluding carboxylic acids is 1. The van der Waals surface area contributed by atoms with Crippen LogP contribution >= 0.6 is 0 Å². The van der Waals surface area contributed by atoms with Crippen LogP contribution in [0.2, 0.25) is 0 Å². The summed E-state index contributed by atoms with van der Waals surface area (Å²) in [4.78, 5) is 10.9. The van der Waals surface area contributed by atoms with Gasteiger partial charge in [0.05, 0.1) is 7.11 Å². The minimum atomic E-state index is -0.817. The molecule has 0 saturated carbocycles. The van der Waals surface area contributed by atoms with Crippen LogP contribution in [0.25, 0.3) is 0 Å². The van der Waals surface area contributed by atoms with Crippen molar-refractivity contribution in [2.24, 2.45) is 0 Å². The van der Waals surface area contributed by atoms with Gasteiger partial charge in [0.25, 0.3) is 0 Å². The minimum absolute atomic E-state index is 0.479. The van der Waals surface area contributed by atoms with E-state index in [9.17, 15) is 9.90 Å². The lowest BCUT2D eigenvalue weighted by atomic mass is 10.0. The maximum Gasteiger partial charge on any atom is 0.330 e. The highest BCUT2D eigenvalue weighted by atomic mass is 16.5. The number of esters is 1. The zero-order valence-corrected chi connectivity index (χ0v) is 9.87. The summed E-state index contributed by atoms with van der Waals surface area (Å²) < 4.78 is 9.58. The first-order valence-electron chi connectivity index (χ1n) is 5.21. The normalized spacial score (nSPS) is 14.5. The van der Waals surface area contributed by atoms with Gasteiger partial charge in [0, 0.05) is 13.2 Å². The maximum absolute atomic E-state index is 10.9. The van der Waals surface area contributed by atoms with Crippen LogP contribution in [0.5, 0.6) is 0 Å². The monoisotopic (exact) mass is 236 g/mol. The highest BCUT2D eigenvalue weighted by Gasteiger charge is 2.17. The van der Waals surface area contributed by atoms with E-state index in [0.717, 1.165) is 5.56 Å². The zero-order valence-electron chi connectivity index (χ0n) is 9.87. The number of methoxy groups -OCH3 is 2. The summed E-state index contributed by atoms with van der Waals surface area (Å²) in [6, 6.07) is 9.11. The van der Waals surface area contributed by atoms with Gasteiger partial charge in [-0.25, -0.2) is 4.79 Å². The molecule has 0 bridgehead atoms. The molecular formula is C13H16O4. The van der Waals surface area contributed by atoms with Gasteiger partial charge in [0.15, 0.2) is 0 Å². The van der Waals surface area contributed by atoms with Gasteiger partial charge in [-0.2, -0.15) is 0 Å². The van der Waals surface area contributed by atoms with E-state index >= 15 is 0 Å². The van der Waals surface area contributed by atoms with Gasteiger partial charge in [0.2, 0.25) is 0 Å². The molecule has 1 N–H and O–H groups in total. The van der Waals surface area contributed by atoms with E-state index in [1.165, 1.54) is 26.4 Å². The highest BCUT2D eigenvalue weighted by Crippen LogP contribution is 2.19. The Hall–Kier alpha value is -1.65. The van der Waals surface area contributed by atoms with Gasteiger partial charge in [-0.15, -0.1) is 0 Å². The molecule has 1 rings (SSSR count). The topological polar surface area (TPSA) is 55.8 Å². The Morgan fingerprint density at radius 2 is 1.94 bits per heavy atom. The molecule has 0 saturated heterocycles. The third-order valence-corrected chi connectivity index (χ3v) is 2.35. The van der Waals surface area contributed by atoms with Crippen LogP contribution in [0, 0.1) is 0 Å². The first-order chi connectivity index (χ1) is 8.19. The summed E-state index contributed by atoms with van der Waals surface area (Å²) in [6.07, 6.45) is 1.31. The summed E-state index contributed by atoms with van der Waals surface area (Å²) in [5.41, 5.74) is 0.730. The molecule has 0 heterocycles. The molecule has 4 heteroatoms. The molecule has 1 aromatic carbocycles. The molecule has 1 aromatic rings.